The van der Waals surface area contributed by atoms with Crippen LogP contribution in [0, 0.1) is 5.92 Å². The highest BCUT2D eigenvalue weighted by molar-refractivity contribution is 5.09. The van der Waals surface area contributed by atoms with E-state index in [1.807, 2.05) is 0 Å². The molecule has 1 aromatic rings. The molecule has 3 rings (SSSR count). The van der Waals surface area contributed by atoms with Gasteiger partial charge in [0.05, 0.1) is 0 Å². The minimum Gasteiger partial charge on any atom is -0.346 e. The lowest BCUT2D eigenvalue weighted by Gasteiger charge is -2.22. The summed E-state index contributed by atoms with van der Waals surface area (Å²) < 4.78 is 0. The number of H-pyrrole nitrogens is 1. The Kier molecular flexibility index (Phi) is 3.99. The van der Waals surface area contributed by atoms with E-state index in [0.29, 0.717) is 0 Å². The summed E-state index contributed by atoms with van der Waals surface area (Å²) in [5, 5.41) is 3.43. The summed E-state index contributed by atoms with van der Waals surface area (Å²) in [6.07, 6.45) is 12.8. The molecule has 1 aliphatic carbocycles. The third-order valence-electron chi connectivity index (χ3n) is 4.63. The monoisotopic (exact) mass is 247 g/mol. The van der Waals surface area contributed by atoms with Gasteiger partial charge in [-0.25, -0.2) is 4.98 Å². The molecule has 3 heteroatoms. The molecule has 100 valence electrons. The molecule has 1 saturated carbocycles. The molecule has 0 unspecified atom stereocenters. The van der Waals surface area contributed by atoms with Gasteiger partial charge in [0.15, 0.2) is 0 Å². The van der Waals surface area contributed by atoms with Crippen LogP contribution >= 0.6 is 0 Å². The van der Waals surface area contributed by atoms with Crippen molar-refractivity contribution in [2.75, 3.05) is 13.1 Å². The van der Waals surface area contributed by atoms with Crippen LogP contribution in [-0.4, -0.2) is 23.1 Å². The van der Waals surface area contributed by atoms with E-state index < -0.39 is 0 Å². The maximum atomic E-state index is 4.61. The second kappa shape index (κ2) is 5.87. The van der Waals surface area contributed by atoms with Gasteiger partial charge >= 0.3 is 0 Å². The third-order valence-corrected chi connectivity index (χ3v) is 4.63. The first-order valence-electron chi connectivity index (χ1n) is 7.66. The predicted molar refractivity (Wildman–Crippen MR) is 73.7 cm³/mol. The normalized spacial score (nSPS) is 23.3. The molecule has 1 aliphatic heterocycles. The molecule has 2 heterocycles. The topological polar surface area (TPSA) is 40.7 Å². The summed E-state index contributed by atoms with van der Waals surface area (Å²) >= 11 is 0. The Morgan fingerprint density at radius 1 is 1.06 bits per heavy atom. The minimum absolute atomic E-state index is 0.757. The summed E-state index contributed by atoms with van der Waals surface area (Å²) in [6.45, 7) is 2.36. The summed E-state index contributed by atoms with van der Waals surface area (Å²) in [5.41, 5.74) is 1.40. The largest absolute Gasteiger partial charge is 0.346 e. The SMILES string of the molecule is c1nc(CC2CCNCC2)[nH]c1C1CCCCC1. The molecule has 18 heavy (non-hydrogen) atoms. The molecule has 1 aromatic heterocycles. The Hall–Kier alpha value is -0.830. The van der Waals surface area contributed by atoms with Crippen molar-refractivity contribution < 1.29 is 0 Å². The molecule has 2 aliphatic rings. The Balaban J connectivity index is 1.58. The van der Waals surface area contributed by atoms with E-state index in [9.17, 15) is 0 Å². The van der Waals surface area contributed by atoms with Crippen LogP contribution in [0.1, 0.15) is 62.4 Å². The number of piperidine rings is 1. The van der Waals surface area contributed by atoms with E-state index in [0.717, 1.165) is 18.3 Å². The van der Waals surface area contributed by atoms with Gasteiger partial charge in [0, 0.05) is 24.2 Å². The zero-order valence-electron chi connectivity index (χ0n) is 11.3. The van der Waals surface area contributed by atoms with Gasteiger partial charge in [-0.05, 0) is 44.7 Å². The fraction of sp³-hybridized carbons (Fsp3) is 0.800. The molecular weight excluding hydrogens is 222 g/mol. The smallest absolute Gasteiger partial charge is 0.106 e. The van der Waals surface area contributed by atoms with Gasteiger partial charge in [0.25, 0.3) is 0 Å². The maximum absolute atomic E-state index is 4.61. The van der Waals surface area contributed by atoms with Crippen molar-refractivity contribution in [2.45, 2.75) is 57.3 Å². The van der Waals surface area contributed by atoms with Crippen LogP contribution in [0.15, 0.2) is 6.20 Å². The summed E-state index contributed by atoms with van der Waals surface area (Å²) in [5.74, 6) is 2.81. The van der Waals surface area contributed by atoms with Gasteiger partial charge in [0.1, 0.15) is 5.82 Å². The molecule has 0 amide bonds. The van der Waals surface area contributed by atoms with E-state index in [4.69, 9.17) is 0 Å². The zero-order chi connectivity index (χ0) is 12.2. The van der Waals surface area contributed by atoms with Crippen LogP contribution in [0.2, 0.25) is 0 Å². The fourth-order valence-corrected chi connectivity index (χ4v) is 3.46. The van der Waals surface area contributed by atoms with Crippen molar-refractivity contribution in [3.8, 4) is 0 Å². The highest BCUT2D eigenvalue weighted by Gasteiger charge is 2.19. The molecule has 0 atom stereocenters. The summed E-state index contributed by atoms with van der Waals surface area (Å²) in [4.78, 5) is 8.21. The van der Waals surface area contributed by atoms with Crippen molar-refractivity contribution in [1.29, 1.82) is 0 Å². The van der Waals surface area contributed by atoms with E-state index in [2.05, 4.69) is 21.5 Å². The molecule has 1 saturated heterocycles. The quantitative estimate of drug-likeness (QED) is 0.862. The predicted octanol–water partition coefficient (Wildman–Crippen LogP) is 3.00. The van der Waals surface area contributed by atoms with Crippen LogP contribution < -0.4 is 5.32 Å². The van der Waals surface area contributed by atoms with Gasteiger partial charge < -0.3 is 10.3 Å². The number of aromatic nitrogens is 2. The molecular formula is C15H25N3. The number of aromatic amines is 1. The first-order chi connectivity index (χ1) is 8.92. The minimum atomic E-state index is 0.757. The number of rotatable bonds is 3. The summed E-state index contributed by atoms with van der Waals surface area (Å²) in [6, 6.07) is 0. The van der Waals surface area contributed by atoms with Crippen molar-refractivity contribution in [2.24, 2.45) is 5.92 Å². The second-order valence-corrected chi connectivity index (χ2v) is 6.02. The molecule has 3 nitrogen and oxygen atoms in total. The third kappa shape index (κ3) is 2.94. The first kappa shape index (κ1) is 12.2. The Labute approximate surface area is 110 Å². The van der Waals surface area contributed by atoms with Gasteiger partial charge in [-0.2, -0.15) is 0 Å². The number of nitrogens with one attached hydrogen (secondary N) is 2. The molecule has 2 N–H and O–H groups in total. The fourth-order valence-electron chi connectivity index (χ4n) is 3.46. The molecule has 0 bridgehead atoms. The van der Waals surface area contributed by atoms with Crippen LogP contribution in [-0.2, 0) is 6.42 Å². The molecule has 0 aromatic carbocycles. The molecule has 0 radical (unpaired) electrons. The lowest BCUT2D eigenvalue weighted by Crippen LogP contribution is -2.28. The maximum Gasteiger partial charge on any atom is 0.106 e. The van der Waals surface area contributed by atoms with Crippen molar-refractivity contribution in [1.82, 2.24) is 15.3 Å². The Morgan fingerprint density at radius 2 is 1.83 bits per heavy atom. The van der Waals surface area contributed by atoms with E-state index in [1.165, 1.54) is 69.6 Å². The van der Waals surface area contributed by atoms with Gasteiger partial charge in [-0.15, -0.1) is 0 Å². The highest BCUT2D eigenvalue weighted by Crippen LogP contribution is 2.31. The number of nitrogens with zero attached hydrogens (tertiary/aromatic N) is 1. The van der Waals surface area contributed by atoms with Gasteiger partial charge in [-0.3, -0.25) is 0 Å². The zero-order valence-corrected chi connectivity index (χ0v) is 11.3. The average Bonchev–Trinajstić information content (AvgIpc) is 2.89. The summed E-state index contributed by atoms with van der Waals surface area (Å²) in [7, 11) is 0. The second-order valence-electron chi connectivity index (χ2n) is 6.02. The van der Waals surface area contributed by atoms with E-state index in [-0.39, 0.29) is 0 Å². The van der Waals surface area contributed by atoms with Crippen LogP contribution in [0.25, 0.3) is 0 Å². The van der Waals surface area contributed by atoms with Gasteiger partial charge in [0.2, 0.25) is 0 Å². The molecule has 2 fully saturated rings. The van der Waals surface area contributed by atoms with E-state index in [1.54, 1.807) is 0 Å². The van der Waals surface area contributed by atoms with Crippen LogP contribution in [0.3, 0.4) is 0 Å². The van der Waals surface area contributed by atoms with Crippen molar-refractivity contribution in [3.63, 3.8) is 0 Å². The van der Waals surface area contributed by atoms with Crippen LogP contribution in [0.5, 0.6) is 0 Å². The van der Waals surface area contributed by atoms with E-state index >= 15 is 0 Å². The Morgan fingerprint density at radius 3 is 2.61 bits per heavy atom. The number of hydrogen-bond acceptors (Lipinski definition) is 2. The number of imidazole rings is 1. The lowest BCUT2D eigenvalue weighted by molar-refractivity contribution is 0.367. The van der Waals surface area contributed by atoms with Crippen molar-refractivity contribution in [3.05, 3.63) is 17.7 Å². The standard InChI is InChI=1S/C15H25N3/c1-2-4-13(5-3-1)14-11-17-15(18-14)10-12-6-8-16-9-7-12/h11-13,16H,1-10H2,(H,17,18). The number of hydrogen-bond donors (Lipinski definition) is 2. The van der Waals surface area contributed by atoms with Crippen LogP contribution in [0.4, 0.5) is 0 Å². The van der Waals surface area contributed by atoms with Gasteiger partial charge in [-0.1, -0.05) is 19.3 Å². The van der Waals surface area contributed by atoms with Crippen molar-refractivity contribution >= 4 is 0 Å². The molecule has 0 spiro atoms. The highest BCUT2D eigenvalue weighted by atomic mass is 14.9. The average molecular weight is 247 g/mol. The first-order valence-corrected chi connectivity index (χ1v) is 7.66. The lowest BCUT2D eigenvalue weighted by atomic mass is 9.87. The Bertz CT molecular complexity index is 360.